The van der Waals surface area contributed by atoms with Crippen LogP contribution in [0.3, 0.4) is 0 Å². The summed E-state index contributed by atoms with van der Waals surface area (Å²) >= 11 is 0. The lowest BCUT2D eigenvalue weighted by molar-refractivity contribution is -0.114. The minimum atomic E-state index is -0.418. The fraction of sp³-hybridized carbons (Fsp3) is 0.364. The van der Waals surface area contributed by atoms with Gasteiger partial charge in [-0.25, -0.2) is 0 Å². The molecule has 1 atom stereocenters. The molecule has 1 unspecified atom stereocenters. The zero-order valence-corrected chi connectivity index (χ0v) is 16.1. The summed E-state index contributed by atoms with van der Waals surface area (Å²) in [5.41, 5.74) is 1.95. The fourth-order valence-electron chi connectivity index (χ4n) is 3.63. The van der Waals surface area contributed by atoms with Gasteiger partial charge in [-0.1, -0.05) is 36.4 Å². The van der Waals surface area contributed by atoms with Crippen LogP contribution in [-0.2, 0) is 16.0 Å². The predicted octanol–water partition coefficient (Wildman–Crippen LogP) is 3.51. The lowest BCUT2D eigenvalue weighted by Crippen LogP contribution is -2.61. The zero-order chi connectivity index (χ0) is 19.4. The van der Waals surface area contributed by atoms with Crippen LogP contribution in [-0.4, -0.2) is 41.5 Å². The van der Waals surface area contributed by atoms with E-state index in [9.17, 15) is 9.59 Å². The Bertz CT molecular complexity index is 817. The van der Waals surface area contributed by atoms with E-state index in [0.29, 0.717) is 24.5 Å². The molecule has 2 amide bonds. The first kappa shape index (κ1) is 19.1. The van der Waals surface area contributed by atoms with Crippen molar-refractivity contribution < 1.29 is 14.3 Å². The standard InChI is InChI=1S/C22H26N2O3/c1-16(25)23-19-11-7-10-18(13-19)21(26)24-20(14-27-15-22(24,2)3)12-17-8-5-4-6-9-17/h4-11,13,20H,12,14-15H2,1-3H3,(H,23,25). The summed E-state index contributed by atoms with van der Waals surface area (Å²) in [6.07, 6.45) is 0.737. The molecule has 1 heterocycles. The number of hydrogen-bond donors (Lipinski definition) is 1. The Morgan fingerprint density at radius 1 is 1.15 bits per heavy atom. The topological polar surface area (TPSA) is 58.6 Å². The number of morpholine rings is 1. The number of ether oxygens (including phenoxy) is 1. The number of rotatable bonds is 4. The van der Waals surface area contributed by atoms with Crippen molar-refractivity contribution in [3.05, 3.63) is 65.7 Å². The van der Waals surface area contributed by atoms with Crippen molar-refractivity contribution in [1.29, 1.82) is 0 Å². The molecule has 0 radical (unpaired) electrons. The van der Waals surface area contributed by atoms with Crippen molar-refractivity contribution in [2.45, 2.75) is 38.8 Å². The van der Waals surface area contributed by atoms with E-state index in [-0.39, 0.29) is 17.9 Å². The number of amides is 2. The smallest absolute Gasteiger partial charge is 0.254 e. The SMILES string of the molecule is CC(=O)Nc1cccc(C(=O)N2C(Cc3ccccc3)COCC2(C)C)c1. The molecule has 0 bridgehead atoms. The van der Waals surface area contributed by atoms with Crippen molar-refractivity contribution in [2.24, 2.45) is 0 Å². The van der Waals surface area contributed by atoms with Gasteiger partial charge in [-0.3, -0.25) is 9.59 Å². The van der Waals surface area contributed by atoms with Crippen LogP contribution in [0.1, 0.15) is 36.7 Å². The van der Waals surface area contributed by atoms with E-state index >= 15 is 0 Å². The Kier molecular flexibility index (Phi) is 5.61. The molecule has 0 aromatic heterocycles. The molecule has 5 nitrogen and oxygen atoms in total. The highest BCUT2D eigenvalue weighted by Gasteiger charge is 2.40. The highest BCUT2D eigenvalue weighted by molar-refractivity contribution is 5.97. The first-order chi connectivity index (χ1) is 12.9. The van der Waals surface area contributed by atoms with E-state index in [4.69, 9.17) is 4.74 Å². The molecule has 1 saturated heterocycles. The highest BCUT2D eigenvalue weighted by atomic mass is 16.5. The summed E-state index contributed by atoms with van der Waals surface area (Å²) in [6, 6.07) is 17.2. The lowest BCUT2D eigenvalue weighted by Gasteiger charge is -2.47. The lowest BCUT2D eigenvalue weighted by atomic mass is 9.94. The van der Waals surface area contributed by atoms with Crippen LogP contribution in [0.25, 0.3) is 0 Å². The molecule has 0 aliphatic carbocycles. The molecule has 3 rings (SSSR count). The van der Waals surface area contributed by atoms with Gasteiger partial charge in [-0.05, 0) is 44.0 Å². The summed E-state index contributed by atoms with van der Waals surface area (Å²) in [7, 11) is 0. The van der Waals surface area contributed by atoms with Crippen LogP contribution in [0.5, 0.6) is 0 Å². The third-order valence-electron chi connectivity index (χ3n) is 4.75. The second-order valence-electron chi connectivity index (χ2n) is 7.61. The molecule has 5 heteroatoms. The van der Waals surface area contributed by atoms with Crippen molar-refractivity contribution in [1.82, 2.24) is 4.90 Å². The monoisotopic (exact) mass is 366 g/mol. The van der Waals surface area contributed by atoms with Crippen LogP contribution < -0.4 is 5.32 Å². The van der Waals surface area contributed by atoms with Crippen molar-refractivity contribution >= 4 is 17.5 Å². The van der Waals surface area contributed by atoms with Gasteiger partial charge in [0.25, 0.3) is 5.91 Å². The Morgan fingerprint density at radius 2 is 1.89 bits per heavy atom. The highest BCUT2D eigenvalue weighted by Crippen LogP contribution is 2.28. The maximum atomic E-state index is 13.4. The number of nitrogens with zero attached hydrogens (tertiary/aromatic N) is 1. The van der Waals surface area contributed by atoms with Gasteiger partial charge in [0.1, 0.15) is 0 Å². The van der Waals surface area contributed by atoms with Crippen LogP contribution in [0.2, 0.25) is 0 Å². The number of carbonyl (C=O) groups excluding carboxylic acids is 2. The Morgan fingerprint density at radius 3 is 2.59 bits per heavy atom. The molecule has 1 aliphatic heterocycles. The van der Waals surface area contributed by atoms with E-state index < -0.39 is 5.54 Å². The quantitative estimate of drug-likeness (QED) is 0.901. The Hall–Kier alpha value is -2.66. The zero-order valence-electron chi connectivity index (χ0n) is 16.1. The summed E-state index contributed by atoms with van der Waals surface area (Å²) in [5.74, 6) is -0.204. The molecule has 142 valence electrons. The minimum Gasteiger partial charge on any atom is -0.377 e. The molecular weight excluding hydrogens is 340 g/mol. The second kappa shape index (κ2) is 7.92. The van der Waals surface area contributed by atoms with E-state index in [2.05, 4.69) is 17.4 Å². The number of benzene rings is 2. The average molecular weight is 366 g/mol. The van der Waals surface area contributed by atoms with Crippen LogP contribution in [0, 0.1) is 0 Å². The normalized spacial score (nSPS) is 18.8. The molecule has 1 aliphatic rings. The van der Waals surface area contributed by atoms with Gasteiger partial charge in [0.15, 0.2) is 0 Å². The summed E-state index contributed by atoms with van der Waals surface area (Å²) in [6.45, 7) is 6.51. The second-order valence-corrected chi connectivity index (χ2v) is 7.61. The van der Waals surface area contributed by atoms with E-state index in [1.807, 2.05) is 36.9 Å². The minimum absolute atomic E-state index is 0.0450. The van der Waals surface area contributed by atoms with Gasteiger partial charge in [0, 0.05) is 18.2 Å². The van der Waals surface area contributed by atoms with Gasteiger partial charge in [0.2, 0.25) is 5.91 Å². The molecule has 27 heavy (non-hydrogen) atoms. The third kappa shape index (κ3) is 4.55. The summed E-state index contributed by atoms with van der Waals surface area (Å²) < 4.78 is 5.81. The number of carbonyl (C=O) groups is 2. The van der Waals surface area contributed by atoms with Crippen molar-refractivity contribution in [2.75, 3.05) is 18.5 Å². The van der Waals surface area contributed by atoms with Gasteiger partial charge in [-0.2, -0.15) is 0 Å². The number of nitrogens with one attached hydrogen (secondary N) is 1. The molecule has 2 aromatic carbocycles. The van der Waals surface area contributed by atoms with E-state index in [1.165, 1.54) is 12.5 Å². The average Bonchev–Trinajstić information content (AvgIpc) is 2.61. The Balaban J connectivity index is 1.89. The van der Waals surface area contributed by atoms with Gasteiger partial charge in [-0.15, -0.1) is 0 Å². The van der Waals surface area contributed by atoms with Crippen LogP contribution in [0.15, 0.2) is 54.6 Å². The summed E-state index contributed by atoms with van der Waals surface area (Å²) in [5, 5.41) is 2.74. The third-order valence-corrected chi connectivity index (χ3v) is 4.75. The first-order valence-electron chi connectivity index (χ1n) is 9.20. The van der Waals surface area contributed by atoms with Crippen LogP contribution >= 0.6 is 0 Å². The van der Waals surface area contributed by atoms with Crippen LogP contribution in [0.4, 0.5) is 5.69 Å². The van der Waals surface area contributed by atoms with Crippen molar-refractivity contribution in [3.8, 4) is 0 Å². The number of hydrogen-bond acceptors (Lipinski definition) is 3. The predicted molar refractivity (Wildman–Crippen MR) is 106 cm³/mol. The van der Waals surface area contributed by atoms with Gasteiger partial charge in [0.05, 0.1) is 24.8 Å². The maximum Gasteiger partial charge on any atom is 0.254 e. The maximum absolute atomic E-state index is 13.4. The molecular formula is C22H26N2O3. The van der Waals surface area contributed by atoms with Crippen molar-refractivity contribution in [3.63, 3.8) is 0 Å². The summed E-state index contributed by atoms with van der Waals surface area (Å²) in [4.78, 5) is 26.7. The molecule has 0 saturated carbocycles. The van der Waals surface area contributed by atoms with Gasteiger partial charge < -0.3 is 15.0 Å². The molecule has 2 aromatic rings. The van der Waals surface area contributed by atoms with E-state index in [0.717, 1.165) is 6.42 Å². The van der Waals surface area contributed by atoms with E-state index in [1.54, 1.807) is 24.3 Å². The molecule has 1 N–H and O–H groups in total. The Labute approximate surface area is 160 Å². The van der Waals surface area contributed by atoms with Gasteiger partial charge >= 0.3 is 0 Å². The molecule has 0 spiro atoms. The number of anilines is 1. The fourth-order valence-corrected chi connectivity index (χ4v) is 3.63. The first-order valence-corrected chi connectivity index (χ1v) is 9.20. The largest absolute Gasteiger partial charge is 0.377 e. The molecule has 1 fully saturated rings.